The number of fused-ring (bicyclic) bond motifs is 1. The molecule has 22 heavy (non-hydrogen) atoms. The first kappa shape index (κ1) is 13.9. The lowest BCUT2D eigenvalue weighted by Gasteiger charge is -2.12. The Bertz CT molecular complexity index is 821. The van der Waals surface area contributed by atoms with Crippen LogP contribution in [0.5, 0.6) is 23.0 Å². The Hall–Kier alpha value is -3.02. The van der Waals surface area contributed by atoms with E-state index in [4.69, 9.17) is 19.9 Å². The van der Waals surface area contributed by atoms with Crippen molar-refractivity contribution in [1.29, 1.82) is 0 Å². The molecule has 0 aliphatic rings. The molecule has 0 aliphatic carbocycles. The second kappa shape index (κ2) is 5.77. The van der Waals surface area contributed by atoms with Crippen molar-refractivity contribution in [3.63, 3.8) is 0 Å². The highest BCUT2D eigenvalue weighted by Gasteiger charge is 2.12. The molecule has 0 aliphatic heterocycles. The molecule has 0 atom stereocenters. The minimum atomic E-state index is 0.327. The van der Waals surface area contributed by atoms with Gasteiger partial charge in [0.1, 0.15) is 5.75 Å². The zero-order valence-corrected chi connectivity index (χ0v) is 12.2. The van der Waals surface area contributed by atoms with Crippen LogP contribution in [0.4, 0.5) is 5.82 Å². The maximum absolute atomic E-state index is 5.87. The number of nitrogens with zero attached hydrogens (tertiary/aromatic N) is 2. The van der Waals surface area contributed by atoms with Crippen LogP contribution in [0.2, 0.25) is 0 Å². The Labute approximate surface area is 127 Å². The van der Waals surface area contributed by atoms with Crippen molar-refractivity contribution in [2.45, 2.75) is 0 Å². The second-order valence-electron chi connectivity index (χ2n) is 4.52. The third kappa shape index (κ3) is 2.46. The lowest BCUT2D eigenvalue weighted by molar-refractivity contribution is 0.355. The molecule has 2 N–H and O–H groups in total. The molecule has 1 aromatic carbocycles. The minimum absolute atomic E-state index is 0.327. The van der Waals surface area contributed by atoms with Crippen molar-refractivity contribution in [3.05, 3.63) is 42.7 Å². The van der Waals surface area contributed by atoms with Crippen molar-refractivity contribution >= 4 is 16.7 Å². The summed E-state index contributed by atoms with van der Waals surface area (Å²) in [6, 6.07) is 8.91. The van der Waals surface area contributed by atoms with Crippen LogP contribution in [-0.2, 0) is 0 Å². The fourth-order valence-corrected chi connectivity index (χ4v) is 2.14. The van der Waals surface area contributed by atoms with Gasteiger partial charge in [-0.3, -0.25) is 4.98 Å². The van der Waals surface area contributed by atoms with Gasteiger partial charge in [0.05, 0.1) is 19.7 Å². The lowest BCUT2D eigenvalue weighted by atomic mass is 10.2. The Morgan fingerprint density at radius 2 is 1.64 bits per heavy atom. The molecule has 0 radical (unpaired) electrons. The molecular formula is C16H15N3O3. The number of benzene rings is 1. The van der Waals surface area contributed by atoms with E-state index in [-0.39, 0.29) is 0 Å². The first-order valence-corrected chi connectivity index (χ1v) is 6.62. The van der Waals surface area contributed by atoms with Gasteiger partial charge < -0.3 is 19.9 Å². The number of aromatic nitrogens is 2. The highest BCUT2D eigenvalue weighted by Crippen LogP contribution is 2.37. The summed E-state index contributed by atoms with van der Waals surface area (Å²) in [5.41, 5.74) is 6.55. The summed E-state index contributed by atoms with van der Waals surface area (Å²) in [4.78, 5) is 8.34. The Morgan fingerprint density at radius 1 is 0.864 bits per heavy atom. The largest absolute Gasteiger partial charge is 0.493 e. The Morgan fingerprint density at radius 3 is 2.36 bits per heavy atom. The van der Waals surface area contributed by atoms with Crippen molar-refractivity contribution in [3.8, 4) is 23.0 Å². The van der Waals surface area contributed by atoms with E-state index in [1.807, 2.05) is 6.07 Å². The van der Waals surface area contributed by atoms with Crippen LogP contribution >= 0.6 is 0 Å². The normalized spacial score (nSPS) is 10.5. The standard InChI is InChI=1S/C16H15N3O3/c1-20-14-8-10-11(9-15(14)21-2)18-7-5-12(10)22-13-4-3-6-19-16(13)17/h3-9H,1-2H3,(H2,17,19). The molecule has 0 spiro atoms. The number of nitrogen functional groups attached to an aromatic ring is 1. The smallest absolute Gasteiger partial charge is 0.169 e. The second-order valence-corrected chi connectivity index (χ2v) is 4.52. The fraction of sp³-hybridized carbons (Fsp3) is 0.125. The van der Waals surface area contributed by atoms with Crippen molar-refractivity contribution in [1.82, 2.24) is 9.97 Å². The highest BCUT2D eigenvalue weighted by molar-refractivity contribution is 5.88. The van der Waals surface area contributed by atoms with E-state index in [2.05, 4.69) is 9.97 Å². The predicted molar refractivity (Wildman–Crippen MR) is 83.6 cm³/mol. The van der Waals surface area contributed by atoms with Crippen LogP contribution < -0.4 is 19.9 Å². The summed E-state index contributed by atoms with van der Waals surface area (Å²) in [6.45, 7) is 0. The SMILES string of the molecule is COc1cc2nccc(Oc3cccnc3N)c2cc1OC. The van der Waals surface area contributed by atoms with Gasteiger partial charge >= 0.3 is 0 Å². The Kier molecular flexibility index (Phi) is 3.65. The van der Waals surface area contributed by atoms with Gasteiger partial charge in [-0.1, -0.05) is 0 Å². The molecule has 6 heteroatoms. The van der Waals surface area contributed by atoms with Gasteiger partial charge in [0.15, 0.2) is 23.1 Å². The van der Waals surface area contributed by atoms with E-state index in [9.17, 15) is 0 Å². The van der Waals surface area contributed by atoms with Crippen LogP contribution in [0.3, 0.4) is 0 Å². The van der Waals surface area contributed by atoms with E-state index >= 15 is 0 Å². The monoisotopic (exact) mass is 297 g/mol. The third-order valence-electron chi connectivity index (χ3n) is 3.23. The average molecular weight is 297 g/mol. The number of nitrogens with two attached hydrogens (primary N) is 1. The number of hydrogen-bond donors (Lipinski definition) is 1. The van der Waals surface area contributed by atoms with E-state index in [0.29, 0.717) is 28.8 Å². The Balaban J connectivity index is 2.12. The van der Waals surface area contributed by atoms with Crippen LogP contribution in [0.1, 0.15) is 0 Å². The molecule has 0 saturated heterocycles. The summed E-state index contributed by atoms with van der Waals surface area (Å²) < 4.78 is 16.5. The van der Waals surface area contributed by atoms with Crippen LogP contribution in [0.15, 0.2) is 42.7 Å². The van der Waals surface area contributed by atoms with Crippen molar-refractivity contribution in [2.24, 2.45) is 0 Å². The molecule has 0 bridgehead atoms. The maximum Gasteiger partial charge on any atom is 0.169 e. The first-order valence-electron chi connectivity index (χ1n) is 6.62. The molecule has 112 valence electrons. The molecular weight excluding hydrogens is 282 g/mol. The molecule has 0 fully saturated rings. The summed E-state index contributed by atoms with van der Waals surface area (Å²) in [6.07, 6.45) is 3.27. The summed E-state index contributed by atoms with van der Waals surface area (Å²) in [5.74, 6) is 2.65. The van der Waals surface area contributed by atoms with Gasteiger partial charge in [0.25, 0.3) is 0 Å². The summed E-state index contributed by atoms with van der Waals surface area (Å²) in [5, 5.41) is 0.795. The zero-order valence-electron chi connectivity index (χ0n) is 12.2. The summed E-state index contributed by atoms with van der Waals surface area (Å²) in [7, 11) is 3.17. The number of pyridine rings is 2. The number of ether oxygens (including phenoxy) is 3. The third-order valence-corrected chi connectivity index (χ3v) is 3.23. The summed E-state index contributed by atoms with van der Waals surface area (Å²) >= 11 is 0. The first-order chi connectivity index (χ1) is 10.7. The maximum atomic E-state index is 5.87. The molecule has 2 heterocycles. The van der Waals surface area contributed by atoms with E-state index in [0.717, 1.165) is 10.9 Å². The topological polar surface area (TPSA) is 79.5 Å². The molecule has 3 aromatic rings. The van der Waals surface area contributed by atoms with Gasteiger partial charge in [-0.25, -0.2) is 4.98 Å². The number of methoxy groups -OCH3 is 2. The van der Waals surface area contributed by atoms with Gasteiger partial charge in [-0.2, -0.15) is 0 Å². The van der Waals surface area contributed by atoms with E-state index in [1.165, 1.54) is 0 Å². The molecule has 6 nitrogen and oxygen atoms in total. The van der Waals surface area contributed by atoms with E-state index in [1.54, 1.807) is 50.9 Å². The predicted octanol–water partition coefficient (Wildman–Crippen LogP) is 3.02. The van der Waals surface area contributed by atoms with Gasteiger partial charge in [-0.05, 0) is 24.3 Å². The minimum Gasteiger partial charge on any atom is -0.493 e. The van der Waals surface area contributed by atoms with Crippen LogP contribution in [-0.4, -0.2) is 24.2 Å². The van der Waals surface area contributed by atoms with Gasteiger partial charge in [0.2, 0.25) is 0 Å². The molecule has 0 unspecified atom stereocenters. The number of hydrogen-bond acceptors (Lipinski definition) is 6. The molecule has 2 aromatic heterocycles. The van der Waals surface area contributed by atoms with Gasteiger partial charge in [-0.15, -0.1) is 0 Å². The van der Waals surface area contributed by atoms with Crippen molar-refractivity contribution < 1.29 is 14.2 Å². The molecule has 3 rings (SSSR count). The number of rotatable bonds is 4. The van der Waals surface area contributed by atoms with Crippen LogP contribution in [0, 0.1) is 0 Å². The molecule has 0 amide bonds. The molecule has 0 saturated carbocycles. The van der Waals surface area contributed by atoms with Crippen LogP contribution in [0.25, 0.3) is 10.9 Å². The van der Waals surface area contributed by atoms with Gasteiger partial charge in [0, 0.05) is 23.8 Å². The van der Waals surface area contributed by atoms with E-state index < -0.39 is 0 Å². The average Bonchev–Trinajstić information content (AvgIpc) is 2.56. The lowest BCUT2D eigenvalue weighted by Crippen LogP contribution is -1.96. The zero-order chi connectivity index (χ0) is 15.5. The number of anilines is 1. The highest BCUT2D eigenvalue weighted by atomic mass is 16.5. The quantitative estimate of drug-likeness (QED) is 0.797. The fourth-order valence-electron chi connectivity index (χ4n) is 2.14. The van der Waals surface area contributed by atoms with Crippen molar-refractivity contribution in [2.75, 3.05) is 20.0 Å².